The van der Waals surface area contributed by atoms with Gasteiger partial charge in [0.05, 0.1) is 11.1 Å². The number of hydrogen-bond acceptors (Lipinski definition) is 6. The highest BCUT2D eigenvalue weighted by molar-refractivity contribution is 6.31. The number of nitro benzene ring substituents is 1. The van der Waals surface area contributed by atoms with Crippen LogP contribution in [0.1, 0.15) is 27.2 Å². The Morgan fingerprint density at radius 1 is 1.28 bits per heavy atom. The highest BCUT2D eigenvalue weighted by Gasteiger charge is 2.11. The minimum atomic E-state index is -0.581. The first kappa shape index (κ1) is 20.1. The van der Waals surface area contributed by atoms with Gasteiger partial charge in [0.25, 0.3) is 17.5 Å². The first-order valence-corrected chi connectivity index (χ1v) is 8.86. The second kappa shape index (κ2) is 9.03. The Morgan fingerprint density at radius 2 is 2.07 bits per heavy atom. The van der Waals surface area contributed by atoms with Crippen LogP contribution < -0.4 is 10.2 Å². The number of carbonyl (C=O) groups excluding carboxylic acids is 1. The van der Waals surface area contributed by atoms with Gasteiger partial charge in [-0.2, -0.15) is 5.10 Å². The number of nitrogens with one attached hydrogen (secondary N) is 1. The summed E-state index contributed by atoms with van der Waals surface area (Å²) in [5, 5.41) is 15.2. The zero-order chi connectivity index (χ0) is 20.8. The number of halogens is 1. The number of benzene rings is 2. The van der Waals surface area contributed by atoms with Crippen molar-refractivity contribution in [2.75, 3.05) is 0 Å². The Hall–Kier alpha value is -3.65. The van der Waals surface area contributed by atoms with E-state index in [1.807, 2.05) is 19.1 Å². The van der Waals surface area contributed by atoms with E-state index in [0.29, 0.717) is 10.8 Å². The molecule has 0 spiro atoms. The summed E-state index contributed by atoms with van der Waals surface area (Å²) in [5.74, 6) is 0.0492. The Balaban J connectivity index is 1.57. The van der Waals surface area contributed by atoms with Gasteiger partial charge in [0, 0.05) is 34.3 Å². The van der Waals surface area contributed by atoms with Crippen molar-refractivity contribution in [1.82, 2.24) is 5.43 Å². The molecule has 9 heteroatoms. The van der Waals surface area contributed by atoms with E-state index < -0.39 is 10.8 Å². The molecular formula is C20H16ClN3O5. The number of furan rings is 1. The van der Waals surface area contributed by atoms with Gasteiger partial charge in [-0.1, -0.05) is 29.8 Å². The van der Waals surface area contributed by atoms with Crippen molar-refractivity contribution >= 4 is 29.4 Å². The van der Waals surface area contributed by atoms with Crippen molar-refractivity contribution in [2.45, 2.75) is 13.5 Å². The fourth-order valence-electron chi connectivity index (χ4n) is 2.45. The van der Waals surface area contributed by atoms with E-state index in [2.05, 4.69) is 10.5 Å². The van der Waals surface area contributed by atoms with Crippen LogP contribution >= 0.6 is 11.6 Å². The molecule has 0 saturated heterocycles. The average Bonchev–Trinajstić information content (AvgIpc) is 3.15. The molecule has 1 aromatic heterocycles. The van der Waals surface area contributed by atoms with Crippen LogP contribution in [0.5, 0.6) is 5.95 Å². The molecule has 1 N–H and O–H groups in total. The molecule has 148 valence electrons. The number of nitrogens with zero attached hydrogens (tertiary/aromatic N) is 2. The molecule has 29 heavy (non-hydrogen) atoms. The molecule has 0 aliphatic heterocycles. The van der Waals surface area contributed by atoms with Gasteiger partial charge < -0.3 is 9.15 Å². The Morgan fingerprint density at radius 3 is 2.83 bits per heavy atom. The van der Waals surface area contributed by atoms with Crippen LogP contribution in [0.3, 0.4) is 0 Å². The van der Waals surface area contributed by atoms with E-state index in [1.54, 1.807) is 18.2 Å². The van der Waals surface area contributed by atoms with Gasteiger partial charge in [-0.15, -0.1) is 0 Å². The number of nitro groups is 1. The second-order valence-corrected chi connectivity index (χ2v) is 6.39. The molecule has 0 aliphatic rings. The number of carbonyl (C=O) groups is 1. The zero-order valence-corrected chi connectivity index (χ0v) is 16.1. The maximum absolute atomic E-state index is 12.0. The van der Waals surface area contributed by atoms with E-state index >= 15 is 0 Å². The molecule has 1 heterocycles. The van der Waals surface area contributed by atoms with Gasteiger partial charge >= 0.3 is 0 Å². The van der Waals surface area contributed by atoms with E-state index in [9.17, 15) is 14.9 Å². The first-order valence-electron chi connectivity index (χ1n) is 8.48. The molecule has 0 fully saturated rings. The SMILES string of the molecule is Cc1cccc(Cl)c1COc1ccc(/C=N/NC(=O)c2cccc([N+](=O)[O-])c2)o1. The molecular weight excluding hydrogens is 398 g/mol. The summed E-state index contributed by atoms with van der Waals surface area (Å²) in [7, 11) is 0. The van der Waals surface area contributed by atoms with Crippen molar-refractivity contribution in [3.05, 3.63) is 92.2 Å². The van der Waals surface area contributed by atoms with Crippen molar-refractivity contribution in [1.29, 1.82) is 0 Å². The monoisotopic (exact) mass is 413 g/mol. The maximum Gasteiger partial charge on any atom is 0.285 e. The van der Waals surface area contributed by atoms with E-state index in [1.165, 1.54) is 30.5 Å². The Bertz CT molecular complexity index is 1060. The lowest BCUT2D eigenvalue weighted by atomic mass is 10.1. The predicted octanol–water partition coefficient (Wildman–Crippen LogP) is 4.49. The first-order chi connectivity index (χ1) is 13.9. The van der Waals surface area contributed by atoms with Crippen molar-refractivity contribution in [2.24, 2.45) is 5.10 Å². The molecule has 2 aromatic carbocycles. The summed E-state index contributed by atoms with van der Waals surface area (Å²) < 4.78 is 11.1. The Kier molecular flexibility index (Phi) is 6.25. The normalized spacial score (nSPS) is 10.8. The Labute approximate surface area is 170 Å². The number of ether oxygens (including phenoxy) is 1. The van der Waals surface area contributed by atoms with Gasteiger partial charge in [0.1, 0.15) is 6.61 Å². The summed E-state index contributed by atoms with van der Waals surface area (Å²) in [5.41, 5.74) is 4.10. The third kappa shape index (κ3) is 5.20. The number of rotatable bonds is 7. The highest BCUT2D eigenvalue weighted by atomic mass is 35.5. The van der Waals surface area contributed by atoms with Crippen LogP contribution in [0.2, 0.25) is 5.02 Å². The van der Waals surface area contributed by atoms with Crippen LogP contribution in [0.15, 0.2) is 64.1 Å². The van der Waals surface area contributed by atoms with E-state index in [0.717, 1.165) is 11.1 Å². The molecule has 0 radical (unpaired) electrons. The molecule has 3 aromatic rings. The minimum absolute atomic E-state index is 0.120. The summed E-state index contributed by atoms with van der Waals surface area (Å²) in [6.07, 6.45) is 1.29. The molecule has 0 atom stereocenters. The number of aryl methyl sites for hydroxylation is 1. The molecule has 0 bridgehead atoms. The van der Waals surface area contributed by atoms with Crippen LogP contribution in [-0.2, 0) is 6.61 Å². The lowest BCUT2D eigenvalue weighted by molar-refractivity contribution is -0.384. The summed E-state index contributed by atoms with van der Waals surface area (Å²) in [4.78, 5) is 22.2. The highest BCUT2D eigenvalue weighted by Crippen LogP contribution is 2.23. The summed E-state index contributed by atoms with van der Waals surface area (Å²) in [6, 6.07) is 14.2. The zero-order valence-electron chi connectivity index (χ0n) is 15.3. The van der Waals surface area contributed by atoms with Crippen molar-refractivity contribution in [3.8, 4) is 5.95 Å². The minimum Gasteiger partial charge on any atom is -0.460 e. The van der Waals surface area contributed by atoms with Crippen LogP contribution in [0, 0.1) is 17.0 Å². The number of non-ortho nitro benzene ring substituents is 1. The van der Waals surface area contributed by atoms with E-state index in [-0.39, 0.29) is 23.8 Å². The molecule has 8 nitrogen and oxygen atoms in total. The second-order valence-electron chi connectivity index (χ2n) is 5.99. The standard InChI is InChI=1S/C20H16ClN3O5/c1-13-4-2-7-18(21)17(13)12-28-19-9-8-16(29-19)11-22-23-20(25)14-5-3-6-15(10-14)24(26)27/h2-11H,12H2,1H3,(H,23,25)/b22-11+. The summed E-state index contributed by atoms with van der Waals surface area (Å²) >= 11 is 6.17. The molecule has 3 rings (SSSR count). The fourth-order valence-corrected chi connectivity index (χ4v) is 2.73. The van der Waals surface area contributed by atoms with Crippen molar-refractivity contribution in [3.63, 3.8) is 0 Å². The third-order valence-electron chi connectivity index (χ3n) is 3.99. The maximum atomic E-state index is 12.0. The quantitative estimate of drug-likeness (QED) is 0.349. The van der Waals surface area contributed by atoms with Gasteiger partial charge in [-0.05, 0) is 30.7 Å². The van der Waals surface area contributed by atoms with Crippen LogP contribution in [0.4, 0.5) is 5.69 Å². The van der Waals surface area contributed by atoms with Gasteiger partial charge in [-0.25, -0.2) is 5.43 Å². The van der Waals surface area contributed by atoms with Crippen LogP contribution in [-0.4, -0.2) is 17.0 Å². The molecule has 0 unspecified atom stereocenters. The van der Waals surface area contributed by atoms with Gasteiger partial charge in [0.15, 0.2) is 5.76 Å². The number of hydrogen-bond donors (Lipinski definition) is 1. The van der Waals surface area contributed by atoms with E-state index in [4.69, 9.17) is 20.8 Å². The third-order valence-corrected chi connectivity index (χ3v) is 4.35. The lowest BCUT2D eigenvalue weighted by Gasteiger charge is -2.08. The fraction of sp³-hybridized carbons (Fsp3) is 0.100. The lowest BCUT2D eigenvalue weighted by Crippen LogP contribution is -2.17. The van der Waals surface area contributed by atoms with Crippen molar-refractivity contribution < 1.29 is 18.9 Å². The molecule has 0 aliphatic carbocycles. The van der Waals surface area contributed by atoms with Crippen LogP contribution in [0.25, 0.3) is 0 Å². The summed E-state index contributed by atoms with van der Waals surface area (Å²) in [6.45, 7) is 2.19. The molecule has 0 saturated carbocycles. The number of amides is 1. The topological polar surface area (TPSA) is 107 Å². The molecule has 1 amide bonds. The van der Waals surface area contributed by atoms with Gasteiger partial charge in [-0.3, -0.25) is 14.9 Å². The smallest absolute Gasteiger partial charge is 0.285 e. The number of hydrazone groups is 1. The average molecular weight is 414 g/mol. The van der Waals surface area contributed by atoms with Gasteiger partial charge in [0.2, 0.25) is 0 Å². The predicted molar refractivity (Wildman–Crippen MR) is 107 cm³/mol. The largest absolute Gasteiger partial charge is 0.460 e.